The van der Waals surface area contributed by atoms with E-state index in [0.717, 1.165) is 16.9 Å². The minimum Gasteiger partial charge on any atom is -0.329 e. The van der Waals surface area contributed by atoms with Crippen LogP contribution in [0.1, 0.15) is 22.0 Å². The average Bonchev–Trinajstić information content (AvgIpc) is 3.04. The fraction of sp³-hybridized carbons (Fsp3) is 0.267. The van der Waals surface area contributed by atoms with Crippen molar-refractivity contribution in [2.45, 2.75) is 10.3 Å². The first-order chi connectivity index (χ1) is 11.4. The monoisotopic (exact) mass is 385 g/mol. The molecule has 9 heteroatoms. The second kappa shape index (κ2) is 6.81. The van der Waals surface area contributed by atoms with Crippen molar-refractivity contribution in [1.82, 2.24) is 10.2 Å². The van der Waals surface area contributed by atoms with Crippen molar-refractivity contribution < 1.29 is 13.2 Å². The number of nitrogens with one attached hydrogen (secondary N) is 1. The van der Waals surface area contributed by atoms with Gasteiger partial charge in [-0.1, -0.05) is 23.7 Å². The summed E-state index contributed by atoms with van der Waals surface area (Å²) in [5.74, 6) is -0.215. The number of primary sulfonamides is 1. The van der Waals surface area contributed by atoms with Gasteiger partial charge in [0, 0.05) is 30.0 Å². The van der Waals surface area contributed by atoms with Gasteiger partial charge in [0.25, 0.3) is 5.91 Å². The Bertz CT molecular complexity index is 866. The second-order valence-electron chi connectivity index (χ2n) is 5.47. The lowest BCUT2D eigenvalue weighted by Crippen LogP contribution is -2.48. The highest BCUT2D eigenvalue weighted by Gasteiger charge is 2.29. The van der Waals surface area contributed by atoms with Gasteiger partial charge in [-0.05, 0) is 23.8 Å². The van der Waals surface area contributed by atoms with Crippen LogP contribution in [-0.2, 0) is 10.0 Å². The van der Waals surface area contributed by atoms with Crippen LogP contribution in [-0.4, -0.2) is 38.9 Å². The molecule has 2 heterocycles. The summed E-state index contributed by atoms with van der Waals surface area (Å²) in [5, 5.41) is 10.5. The van der Waals surface area contributed by atoms with Crippen LogP contribution in [0.25, 0.3) is 0 Å². The Hall–Kier alpha value is -1.45. The predicted molar refractivity (Wildman–Crippen MR) is 93.8 cm³/mol. The SMILES string of the molecule is NS(=O)(=O)c1cc(C(=O)N2CCNCC2c2cccc(Cl)c2)cs1. The van der Waals surface area contributed by atoms with E-state index in [2.05, 4.69) is 5.32 Å². The van der Waals surface area contributed by atoms with E-state index < -0.39 is 10.0 Å². The van der Waals surface area contributed by atoms with E-state index in [0.29, 0.717) is 30.2 Å². The third-order valence-electron chi connectivity index (χ3n) is 3.84. The summed E-state index contributed by atoms with van der Waals surface area (Å²) in [6, 6.07) is 8.56. The van der Waals surface area contributed by atoms with Crippen molar-refractivity contribution in [3.05, 3.63) is 51.9 Å². The minimum atomic E-state index is -3.80. The number of hydrogen-bond donors (Lipinski definition) is 2. The van der Waals surface area contributed by atoms with E-state index in [9.17, 15) is 13.2 Å². The Morgan fingerprint density at radius 2 is 2.17 bits per heavy atom. The molecule has 0 spiro atoms. The molecule has 1 aliphatic rings. The molecule has 1 unspecified atom stereocenters. The minimum absolute atomic E-state index is 0.0136. The Balaban J connectivity index is 1.90. The summed E-state index contributed by atoms with van der Waals surface area (Å²) in [5.41, 5.74) is 1.27. The van der Waals surface area contributed by atoms with Crippen molar-refractivity contribution in [3.63, 3.8) is 0 Å². The lowest BCUT2D eigenvalue weighted by molar-refractivity contribution is 0.0635. The molecular weight excluding hydrogens is 370 g/mol. The summed E-state index contributed by atoms with van der Waals surface area (Å²) < 4.78 is 22.8. The number of carbonyl (C=O) groups is 1. The molecule has 1 aliphatic heterocycles. The van der Waals surface area contributed by atoms with Crippen molar-refractivity contribution in [3.8, 4) is 0 Å². The maximum atomic E-state index is 12.8. The third kappa shape index (κ3) is 3.62. The maximum Gasteiger partial charge on any atom is 0.255 e. The van der Waals surface area contributed by atoms with Gasteiger partial charge >= 0.3 is 0 Å². The van der Waals surface area contributed by atoms with Gasteiger partial charge in [-0.15, -0.1) is 11.3 Å². The highest BCUT2D eigenvalue weighted by atomic mass is 35.5. The number of carbonyl (C=O) groups excluding carboxylic acids is 1. The zero-order valence-corrected chi connectivity index (χ0v) is 15.0. The molecular formula is C15H16ClN3O3S2. The second-order valence-corrected chi connectivity index (χ2v) is 8.61. The maximum absolute atomic E-state index is 12.8. The van der Waals surface area contributed by atoms with Gasteiger partial charge < -0.3 is 10.2 Å². The quantitative estimate of drug-likeness (QED) is 0.843. The molecule has 24 heavy (non-hydrogen) atoms. The van der Waals surface area contributed by atoms with Gasteiger partial charge in [0.15, 0.2) is 0 Å². The molecule has 3 rings (SSSR count). The van der Waals surface area contributed by atoms with Crippen LogP contribution >= 0.6 is 22.9 Å². The molecule has 0 bridgehead atoms. The van der Waals surface area contributed by atoms with Crippen LogP contribution in [0.2, 0.25) is 5.02 Å². The van der Waals surface area contributed by atoms with Crippen LogP contribution in [0.4, 0.5) is 0 Å². The number of hydrogen-bond acceptors (Lipinski definition) is 5. The first-order valence-corrected chi connectivity index (χ1v) is 10.0. The summed E-state index contributed by atoms with van der Waals surface area (Å²) in [7, 11) is -3.80. The molecule has 1 aromatic heterocycles. The summed E-state index contributed by atoms with van der Waals surface area (Å²) in [6.07, 6.45) is 0. The first kappa shape index (κ1) is 17.4. The fourth-order valence-corrected chi connectivity index (χ4v) is 4.48. The third-order valence-corrected chi connectivity index (χ3v) is 6.46. The summed E-state index contributed by atoms with van der Waals surface area (Å²) >= 11 is 7.01. The smallest absolute Gasteiger partial charge is 0.255 e. The van der Waals surface area contributed by atoms with Gasteiger partial charge in [-0.25, -0.2) is 13.6 Å². The highest BCUT2D eigenvalue weighted by molar-refractivity contribution is 7.91. The van der Waals surface area contributed by atoms with E-state index in [1.807, 2.05) is 18.2 Å². The van der Waals surface area contributed by atoms with E-state index in [-0.39, 0.29) is 16.2 Å². The standard InChI is InChI=1S/C15H16ClN3O3S2/c16-12-3-1-2-10(6-12)13-8-18-4-5-19(13)15(20)11-7-14(23-9-11)24(17,21)22/h1-3,6-7,9,13,18H,4-5,8H2,(H2,17,21,22). The van der Waals surface area contributed by atoms with Crippen LogP contribution in [0.5, 0.6) is 0 Å². The molecule has 1 amide bonds. The molecule has 6 nitrogen and oxygen atoms in total. The van der Waals surface area contributed by atoms with E-state index in [4.69, 9.17) is 16.7 Å². The molecule has 1 saturated heterocycles. The fourth-order valence-electron chi connectivity index (χ4n) is 2.70. The number of rotatable bonds is 3. The van der Waals surface area contributed by atoms with Crippen LogP contribution in [0.3, 0.4) is 0 Å². The van der Waals surface area contributed by atoms with Gasteiger partial charge in [0.1, 0.15) is 4.21 Å². The number of benzene rings is 1. The molecule has 1 atom stereocenters. The van der Waals surface area contributed by atoms with Crippen molar-refractivity contribution >= 4 is 38.9 Å². The topological polar surface area (TPSA) is 92.5 Å². The van der Waals surface area contributed by atoms with Crippen molar-refractivity contribution in [1.29, 1.82) is 0 Å². The van der Waals surface area contributed by atoms with Crippen LogP contribution in [0.15, 0.2) is 39.9 Å². The first-order valence-electron chi connectivity index (χ1n) is 7.25. The van der Waals surface area contributed by atoms with E-state index in [1.54, 1.807) is 11.0 Å². The molecule has 3 N–H and O–H groups in total. The van der Waals surface area contributed by atoms with Gasteiger partial charge in [-0.3, -0.25) is 4.79 Å². The number of nitrogens with two attached hydrogens (primary N) is 1. The number of halogens is 1. The van der Waals surface area contributed by atoms with Crippen molar-refractivity contribution in [2.75, 3.05) is 19.6 Å². The summed E-state index contributed by atoms with van der Waals surface area (Å²) in [4.78, 5) is 14.6. The van der Waals surface area contributed by atoms with Gasteiger partial charge in [-0.2, -0.15) is 0 Å². The highest BCUT2D eigenvalue weighted by Crippen LogP contribution is 2.28. The normalized spacial score (nSPS) is 18.6. The Morgan fingerprint density at radius 1 is 1.38 bits per heavy atom. The van der Waals surface area contributed by atoms with Crippen molar-refractivity contribution in [2.24, 2.45) is 5.14 Å². The van der Waals surface area contributed by atoms with Gasteiger partial charge in [0.05, 0.1) is 11.6 Å². The van der Waals surface area contributed by atoms with Gasteiger partial charge in [0.2, 0.25) is 10.0 Å². The molecule has 128 valence electrons. The zero-order valence-electron chi connectivity index (χ0n) is 12.6. The number of thiophene rings is 1. The van der Waals surface area contributed by atoms with E-state index >= 15 is 0 Å². The predicted octanol–water partition coefficient (Wildman–Crippen LogP) is 1.84. The average molecular weight is 386 g/mol. The van der Waals surface area contributed by atoms with Crippen LogP contribution < -0.4 is 10.5 Å². The number of sulfonamides is 1. The lowest BCUT2D eigenvalue weighted by atomic mass is 10.0. The molecule has 1 aromatic carbocycles. The van der Waals surface area contributed by atoms with Crippen LogP contribution in [0, 0.1) is 0 Å². The molecule has 1 fully saturated rings. The molecule has 0 radical (unpaired) electrons. The number of piperazine rings is 1. The zero-order chi connectivity index (χ0) is 17.3. The molecule has 2 aromatic rings. The lowest BCUT2D eigenvalue weighted by Gasteiger charge is -2.36. The Kier molecular flexibility index (Phi) is 4.93. The summed E-state index contributed by atoms with van der Waals surface area (Å²) in [6.45, 7) is 1.81. The largest absolute Gasteiger partial charge is 0.329 e. The Labute approximate surface area is 149 Å². The number of amides is 1. The molecule has 0 aliphatic carbocycles. The number of nitrogens with zero attached hydrogens (tertiary/aromatic N) is 1. The molecule has 0 saturated carbocycles. The van der Waals surface area contributed by atoms with E-state index in [1.165, 1.54) is 11.4 Å². The Morgan fingerprint density at radius 3 is 2.83 bits per heavy atom.